The summed E-state index contributed by atoms with van der Waals surface area (Å²) in [5.74, 6) is 0.0861. The lowest BCUT2D eigenvalue weighted by atomic mass is 10.0. The maximum Gasteiger partial charge on any atom is 0.239 e. The van der Waals surface area contributed by atoms with Crippen molar-refractivity contribution in [1.29, 1.82) is 0 Å². The summed E-state index contributed by atoms with van der Waals surface area (Å²) < 4.78 is 5.01. The molecule has 0 saturated carbocycles. The summed E-state index contributed by atoms with van der Waals surface area (Å²) in [6, 6.07) is 0. The van der Waals surface area contributed by atoms with Crippen LogP contribution in [0.25, 0.3) is 0 Å². The van der Waals surface area contributed by atoms with Gasteiger partial charge in [0.1, 0.15) is 0 Å². The molecule has 1 heterocycles. The van der Waals surface area contributed by atoms with Crippen molar-refractivity contribution in [3.8, 4) is 0 Å². The Kier molecular flexibility index (Phi) is 6.15. The van der Waals surface area contributed by atoms with Crippen molar-refractivity contribution in [2.24, 2.45) is 0 Å². The van der Waals surface area contributed by atoms with Crippen molar-refractivity contribution in [3.63, 3.8) is 0 Å². The van der Waals surface area contributed by atoms with Crippen molar-refractivity contribution < 1.29 is 9.53 Å². The predicted octanol–water partition coefficient (Wildman–Crippen LogP) is 0.337. The van der Waals surface area contributed by atoms with Gasteiger partial charge in [0.05, 0.1) is 18.4 Å². The molecule has 2 N–H and O–H groups in total. The van der Waals surface area contributed by atoms with Crippen molar-refractivity contribution in [2.75, 3.05) is 39.3 Å². The van der Waals surface area contributed by atoms with E-state index in [0.29, 0.717) is 13.2 Å². The van der Waals surface area contributed by atoms with Crippen LogP contribution in [0.4, 0.5) is 0 Å². The molecule has 1 aliphatic rings. The third kappa shape index (κ3) is 4.31. The number of hydrogen-bond acceptors (Lipinski definition) is 4. The van der Waals surface area contributed by atoms with Crippen LogP contribution in [-0.4, -0.2) is 55.7 Å². The molecule has 0 aromatic carbocycles. The first-order valence-electron chi connectivity index (χ1n) is 6.55. The monoisotopic (exact) mass is 255 g/mol. The number of ether oxygens (including phenoxy) is 1. The number of hydrogen-bond donors (Lipinski definition) is 2. The van der Waals surface area contributed by atoms with Crippen LogP contribution in [0, 0.1) is 0 Å². The maximum atomic E-state index is 12.2. The minimum Gasteiger partial charge on any atom is -0.502 e. The molecule has 0 bridgehead atoms. The second-order valence-electron chi connectivity index (χ2n) is 4.94. The molecule has 0 atom stereocenters. The molecule has 0 unspecified atom stereocenters. The van der Waals surface area contributed by atoms with Crippen molar-refractivity contribution in [3.05, 3.63) is 12.8 Å². The highest BCUT2D eigenvalue weighted by atomic mass is 16.5. The lowest BCUT2D eigenvalue weighted by Crippen LogP contribution is -2.60. The first-order valence-corrected chi connectivity index (χ1v) is 6.55. The third-order valence-corrected chi connectivity index (χ3v) is 3.31. The Hall–Kier alpha value is -1.07. The van der Waals surface area contributed by atoms with Gasteiger partial charge in [-0.3, -0.25) is 9.69 Å². The highest BCUT2D eigenvalue weighted by Crippen LogP contribution is 2.15. The molecule has 1 fully saturated rings. The van der Waals surface area contributed by atoms with Gasteiger partial charge >= 0.3 is 0 Å². The number of amides is 1. The fraction of sp³-hybridized carbons (Fsp3) is 0.769. The van der Waals surface area contributed by atoms with E-state index in [2.05, 4.69) is 22.1 Å². The summed E-state index contributed by atoms with van der Waals surface area (Å²) in [7, 11) is 0. The molecule has 0 aromatic heterocycles. The molecule has 0 spiro atoms. The van der Waals surface area contributed by atoms with Gasteiger partial charge in [-0.15, -0.1) is 0 Å². The summed E-state index contributed by atoms with van der Waals surface area (Å²) in [6.07, 6.45) is 2.22. The zero-order chi connectivity index (χ0) is 13.4. The van der Waals surface area contributed by atoms with Gasteiger partial charge in [0.2, 0.25) is 5.91 Å². The summed E-state index contributed by atoms with van der Waals surface area (Å²) in [6.45, 7) is 12.4. The first kappa shape index (κ1) is 15.0. The zero-order valence-corrected chi connectivity index (χ0v) is 11.5. The minimum absolute atomic E-state index is 0.0861. The smallest absolute Gasteiger partial charge is 0.239 e. The topological polar surface area (TPSA) is 53.6 Å². The lowest BCUT2D eigenvalue weighted by molar-refractivity contribution is -0.132. The minimum atomic E-state index is -0.443. The van der Waals surface area contributed by atoms with E-state index in [1.807, 2.05) is 13.8 Å². The Balaban J connectivity index is 2.31. The summed E-state index contributed by atoms with van der Waals surface area (Å²) in [5, 5.41) is 6.26. The predicted molar refractivity (Wildman–Crippen MR) is 72.3 cm³/mol. The average molecular weight is 255 g/mol. The Morgan fingerprint density at radius 1 is 1.50 bits per heavy atom. The molecule has 104 valence electrons. The lowest BCUT2D eigenvalue weighted by Gasteiger charge is -2.39. The van der Waals surface area contributed by atoms with E-state index in [1.54, 1.807) is 0 Å². The Bertz CT molecular complexity index is 273. The Labute approximate surface area is 110 Å². The van der Waals surface area contributed by atoms with Crippen LogP contribution in [0.15, 0.2) is 12.8 Å². The second kappa shape index (κ2) is 7.38. The standard InChI is InChI=1S/C13H25N3O2/c1-4-18-11-5-6-15-12(17)13(2,3)16-9-7-14-8-10-16/h4,14H,1,5-11H2,2-3H3,(H,15,17). The molecule has 1 amide bonds. The maximum absolute atomic E-state index is 12.2. The highest BCUT2D eigenvalue weighted by molar-refractivity contribution is 5.85. The van der Waals surface area contributed by atoms with E-state index >= 15 is 0 Å². The van der Waals surface area contributed by atoms with E-state index in [1.165, 1.54) is 6.26 Å². The van der Waals surface area contributed by atoms with Gasteiger partial charge in [-0.05, 0) is 20.3 Å². The van der Waals surface area contributed by atoms with Crippen LogP contribution in [0.5, 0.6) is 0 Å². The van der Waals surface area contributed by atoms with Crippen molar-refractivity contribution in [1.82, 2.24) is 15.5 Å². The number of rotatable bonds is 7. The normalized spacial score (nSPS) is 17.2. The fourth-order valence-electron chi connectivity index (χ4n) is 2.02. The summed E-state index contributed by atoms with van der Waals surface area (Å²) in [4.78, 5) is 14.4. The highest BCUT2D eigenvalue weighted by Gasteiger charge is 2.34. The SMILES string of the molecule is C=COCCCNC(=O)C(C)(C)N1CCNCC1. The molecular formula is C13H25N3O2. The molecule has 1 rings (SSSR count). The van der Waals surface area contributed by atoms with Crippen molar-refractivity contribution >= 4 is 5.91 Å². The van der Waals surface area contributed by atoms with Gasteiger partial charge in [-0.25, -0.2) is 0 Å². The van der Waals surface area contributed by atoms with Gasteiger partial charge in [0, 0.05) is 32.7 Å². The zero-order valence-electron chi connectivity index (χ0n) is 11.5. The molecule has 0 radical (unpaired) electrons. The Morgan fingerprint density at radius 3 is 2.78 bits per heavy atom. The second-order valence-corrected chi connectivity index (χ2v) is 4.94. The molecule has 1 saturated heterocycles. The number of carbonyl (C=O) groups is 1. The van der Waals surface area contributed by atoms with Crippen LogP contribution >= 0.6 is 0 Å². The quantitative estimate of drug-likeness (QED) is 0.509. The van der Waals surface area contributed by atoms with E-state index < -0.39 is 5.54 Å². The van der Waals surface area contributed by atoms with E-state index in [9.17, 15) is 4.79 Å². The number of carbonyl (C=O) groups excluding carboxylic acids is 1. The molecule has 5 nitrogen and oxygen atoms in total. The Morgan fingerprint density at radius 2 is 2.17 bits per heavy atom. The van der Waals surface area contributed by atoms with Crippen LogP contribution in [-0.2, 0) is 9.53 Å². The van der Waals surface area contributed by atoms with Crippen LogP contribution in [0.2, 0.25) is 0 Å². The van der Waals surface area contributed by atoms with Gasteiger partial charge in [0.15, 0.2) is 0 Å². The van der Waals surface area contributed by atoms with E-state index in [-0.39, 0.29) is 5.91 Å². The molecule has 0 aromatic rings. The fourth-order valence-corrected chi connectivity index (χ4v) is 2.02. The summed E-state index contributed by atoms with van der Waals surface area (Å²) >= 11 is 0. The molecule has 18 heavy (non-hydrogen) atoms. The average Bonchev–Trinajstić information content (AvgIpc) is 2.39. The van der Waals surface area contributed by atoms with Crippen LogP contribution < -0.4 is 10.6 Å². The van der Waals surface area contributed by atoms with Gasteiger partial charge in [0.25, 0.3) is 0 Å². The summed E-state index contributed by atoms with van der Waals surface area (Å²) in [5.41, 5.74) is -0.443. The third-order valence-electron chi connectivity index (χ3n) is 3.31. The van der Waals surface area contributed by atoms with Crippen LogP contribution in [0.1, 0.15) is 20.3 Å². The van der Waals surface area contributed by atoms with Gasteiger partial charge in [-0.1, -0.05) is 6.58 Å². The number of piperazine rings is 1. The van der Waals surface area contributed by atoms with E-state index in [0.717, 1.165) is 32.6 Å². The molecule has 1 aliphatic heterocycles. The van der Waals surface area contributed by atoms with Crippen LogP contribution in [0.3, 0.4) is 0 Å². The number of nitrogens with zero attached hydrogens (tertiary/aromatic N) is 1. The van der Waals surface area contributed by atoms with E-state index in [4.69, 9.17) is 4.74 Å². The first-order chi connectivity index (χ1) is 8.59. The number of nitrogens with one attached hydrogen (secondary N) is 2. The molecule has 0 aliphatic carbocycles. The van der Waals surface area contributed by atoms with Gasteiger partial charge < -0.3 is 15.4 Å². The molecular weight excluding hydrogens is 230 g/mol. The van der Waals surface area contributed by atoms with Gasteiger partial charge in [-0.2, -0.15) is 0 Å². The van der Waals surface area contributed by atoms with Crippen molar-refractivity contribution in [2.45, 2.75) is 25.8 Å². The molecule has 5 heteroatoms. The largest absolute Gasteiger partial charge is 0.502 e.